The molecule has 2 N–H and O–H groups in total. The number of ether oxygens (including phenoxy) is 1. The summed E-state index contributed by atoms with van der Waals surface area (Å²) in [7, 11) is 1.62. The summed E-state index contributed by atoms with van der Waals surface area (Å²) in [6, 6.07) is 8.00. The Bertz CT molecular complexity index is 685. The molecule has 1 atom stereocenters. The lowest BCUT2D eigenvalue weighted by molar-refractivity contribution is -0.118. The zero-order valence-electron chi connectivity index (χ0n) is 13.1. The van der Waals surface area contributed by atoms with Crippen LogP contribution in [-0.4, -0.2) is 36.2 Å². The van der Waals surface area contributed by atoms with Gasteiger partial charge in [0.05, 0.1) is 7.11 Å². The molecule has 7 heteroatoms. The molecule has 7 nitrogen and oxygen atoms in total. The first-order valence-corrected chi connectivity index (χ1v) is 7.67. The maximum atomic E-state index is 11.1. The molecule has 1 aromatic heterocycles. The van der Waals surface area contributed by atoms with Gasteiger partial charge in [-0.2, -0.15) is 4.98 Å². The van der Waals surface area contributed by atoms with Crippen molar-refractivity contribution in [3.63, 3.8) is 0 Å². The molecule has 2 heterocycles. The van der Waals surface area contributed by atoms with Crippen LogP contribution < -0.4 is 15.4 Å². The van der Waals surface area contributed by atoms with E-state index in [0.29, 0.717) is 24.8 Å². The van der Waals surface area contributed by atoms with E-state index in [-0.39, 0.29) is 11.8 Å². The van der Waals surface area contributed by atoms with Gasteiger partial charge in [-0.25, -0.2) is 0 Å². The van der Waals surface area contributed by atoms with Crippen LogP contribution in [0.25, 0.3) is 11.4 Å². The second kappa shape index (κ2) is 6.68. The van der Waals surface area contributed by atoms with Gasteiger partial charge in [-0.3, -0.25) is 4.79 Å². The van der Waals surface area contributed by atoms with E-state index in [2.05, 4.69) is 10.1 Å². The quantitative estimate of drug-likeness (QED) is 0.904. The molecule has 3 rings (SSSR count). The Balaban J connectivity index is 1.74. The Morgan fingerprint density at radius 3 is 3.17 bits per heavy atom. The number of carbonyl (C=O) groups excluding carboxylic acids is 1. The SMILES string of the molecule is COc1cccc(-c2noc(N3CCCC(CC(N)=O)C3)n2)c1. The molecule has 1 fully saturated rings. The largest absolute Gasteiger partial charge is 0.497 e. The molecule has 0 saturated carbocycles. The number of piperidine rings is 1. The number of rotatable bonds is 5. The number of hydrogen-bond donors (Lipinski definition) is 1. The highest BCUT2D eigenvalue weighted by atomic mass is 16.5. The fraction of sp³-hybridized carbons (Fsp3) is 0.438. The number of aromatic nitrogens is 2. The molecule has 0 aliphatic carbocycles. The second-order valence-electron chi connectivity index (χ2n) is 5.76. The first-order valence-electron chi connectivity index (χ1n) is 7.67. The second-order valence-corrected chi connectivity index (χ2v) is 5.76. The van der Waals surface area contributed by atoms with Crippen LogP contribution in [0.3, 0.4) is 0 Å². The Morgan fingerprint density at radius 2 is 2.39 bits per heavy atom. The molecular weight excluding hydrogens is 296 g/mol. The number of methoxy groups -OCH3 is 1. The van der Waals surface area contributed by atoms with E-state index >= 15 is 0 Å². The number of anilines is 1. The maximum Gasteiger partial charge on any atom is 0.324 e. The fourth-order valence-corrected chi connectivity index (χ4v) is 2.91. The number of nitrogens with two attached hydrogens (primary N) is 1. The third kappa shape index (κ3) is 3.61. The van der Waals surface area contributed by atoms with Crippen molar-refractivity contribution in [2.75, 3.05) is 25.1 Å². The lowest BCUT2D eigenvalue weighted by atomic mass is 9.95. The van der Waals surface area contributed by atoms with Crippen molar-refractivity contribution in [2.24, 2.45) is 11.7 Å². The summed E-state index contributed by atoms with van der Waals surface area (Å²) >= 11 is 0. The van der Waals surface area contributed by atoms with Crippen molar-refractivity contribution in [3.05, 3.63) is 24.3 Å². The normalized spacial score (nSPS) is 18.0. The van der Waals surface area contributed by atoms with Crippen molar-refractivity contribution in [3.8, 4) is 17.1 Å². The summed E-state index contributed by atoms with van der Waals surface area (Å²) in [6.45, 7) is 1.55. The van der Waals surface area contributed by atoms with E-state index in [4.69, 9.17) is 15.0 Å². The smallest absolute Gasteiger partial charge is 0.324 e. The average molecular weight is 316 g/mol. The minimum Gasteiger partial charge on any atom is -0.497 e. The molecule has 1 saturated heterocycles. The Hall–Kier alpha value is -2.57. The van der Waals surface area contributed by atoms with E-state index in [1.54, 1.807) is 7.11 Å². The number of primary amides is 1. The third-order valence-electron chi connectivity index (χ3n) is 4.02. The van der Waals surface area contributed by atoms with Crippen LogP contribution in [0.15, 0.2) is 28.8 Å². The van der Waals surface area contributed by atoms with Gasteiger partial charge in [-0.15, -0.1) is 0 Å². The summed E-state index contributed by atoms with van der Waals surface area (Å²) in [6.07, 6.45) is 2.37. The summed E-state index contributed by atoms with van der Waals surface area (Å²) in [4.78, 5) is 17.6. The Morgan fingerprint density at radius 1 is 1.52 bits per heavy atom. The topological polar surface area (TPSA) is 94.5 Å². The van der Waals surface area contributed by atoms with E-state index in [9.17, 15) is 4.79 Å². The van der Waals surface area contributed by atoms with Crippen LogP contribution in [0.2, 0.25) is 0 Å². The Labute approximate surface area is 134 Å². The highest BCUT2D eigenvalue weighted by Gasteiger charge is 2.25. The molecule has 1 aromatic carbocycles. The van der Waals surface area contributed by atoms with Crippen LogP contribution in [0.1, 0.15) is 19.3 Å². The third-order valence-corrected chi connectivity index (χ3v) is 4.02. The van der Waals surface area contributed by atoms with Gasteiger partial charge in [0.15, 0.2) is 0 Å². The molecule has 1 unspecified atom stereocenters. The zero-order chi connectivity index (χ0) is 16.2. The number of benzene rings is 1. The van der Waals surface area contributed by atoms with E-state index in [0.717, 1.165) is 30.7 Å². The molecule has 122 valence electrons. The highest BCUT2D eigenvalue weighted by molar-refractivity contribution is 5.74. The van der Waals surface area contributed by atoms with Gasteiger partial charge in [0, 0.05) is 25.1 Å². The summed E-state index contributed by atoms with van der Waals surface area (Å²) in [5.74, 6) is 1.25. The van der Waals surface area contributed by atoms with Gasteiger partial charge in [0.2, 0.25) is 11.7 Å². The van der Waals surface area contributed by atoms with Crippen molar-refractivity contribution in [2.45, 2.75) is 19.3 Å². The van der Waals surface area contributed by atoms with Gasteiger partial charge < -0.3 is 19.9 Å². The van der Waals surface area contributed by atoms with Gasteiger partial charge >= 0.3 is 6.01 Å². The van der Waals surface area contributed by atoms with Gasteiger partial charge in [0.25, 0.3) is 0 Å². The van der Waals surface area contributed by atoms with Crippen LogP contribution in [0.4, 0.5) is 6.01 Å². The van der Waals surface area contributed by atoms with Crippen molar-refractivity contribution >= 4 is 11.9 Å². The predicted molar refractivity (Wildman–Crippen MR) is 85.0 cm³/mol. The van der Waals surface area contributed by atoms with Crippen LogP contribution >= 0.6 is 0 Å². The van der Waals surface area contributed by atoms with Gasteiger partial charge in [0.1, 0.15) is 5.75 Å². The van der Waals surface area contributed by atoms with E-state index in [1.807, 2.05) is 29.2 Å². The molecule has 23 heavy (non-hydrogen) atoms. The molecule has 2 aromatic rings. The summed E-state index contributed by atoms with van der Waals surface area (Å²) in [5, 5.41) is 4.05. The molecule has 0 bridgehead atoms. The average Bonchev–Trinajstić information content (AvgIpc) is 3.04. The molecule has 0 spiro atoms. The van der Waals surface area contributed by atoms with Crippen molar-refractivity contribution in [1.82, 2.24) is 10.1 Å². The van der Waals surface area contributed by atoms with Gasteiger partial charge in [-0.1, -0.05) is 17.3 Å². The maximum absolute atomic E-state index is 11.1. The minimum absolute atomic E-state index is 0.244. The van der Waals surface area contributed by atoms with E-state index < -0.39 is 0 Å². The van der Waals surface area contributed by atoms with Gasteiger partial charge in [-0.05, 0) is 30.9 Å². The zero-order valence-corrected chi connectivity index (χ0v) is 13.1. The van der Waals surface area contributed by atoms with Crippen LogP contribution in [0.5, 0.6) is 5.75 Å². The van der Waals surface area contributed by atoms with Crippen molar-refractivity contribution in [1.29, 1.82) is 0 Å². The lowest BCUT2D eigenvalue weighted by Crippen LogP contribution is -2.37. The molecular formula is C16H20N4O3. The molecule has 0 radical (unpaired) electrons. The number of amides is 1. The van der Waals surface area contributed by atoms with E-state index in [1.165, 1.54) is 0 Å². The molecule has 1 aliphatic heterocycles. The molecule has 1 aliphatic rings. The fourth-order valence-electron chi connectivity index (χ4n) is 2.91. The Kier molecular flexibility index (Phi) is 4.45. The number of carbonyl (C=O) groups is 1. The first-order chi connectivity index (χ1) is 11.2. The predicted octanol–water partition coefficient (Wildman–Crippen LogP) is 1.84. The monoisotopic (exact) mass is 316 g/mol. The van der Waals surface area contributed by atoms with Crippen molar-refractivity contribution < 1.29 is 14.1 Å². The van der Waals surface area contributed by atoms with Crippen LogP contribution in [0, 0.1) is 5.92 Å². The number of hydrogen-bond acceptors (Lipinski definition) is 6. The minimum atomic E-state index is -0.264. The highest BCUT2D eigenvalue weighted by Crippen LogP contribution is 2.27. The molecule has 1 amide bonds. The summed E-state index contributed by atoms with van der Waals surface area (Å²) in [5.41, 5.74) is 6.13. The first kappa shape index (κ1) is 15.3. The number of nitrogens with zero attached hydrogens (tertiary/aromatic N) is 3. The lowest BCUT2D eigenvalue weighted by Gasteiger charge is -2.30. The van der Waals surface area contributed by atoms with Crippen LogP contribution in [-0.2, 0) is 4.79 Å². The standard InChI is InChI=1S/C16H20N4O3/c1-22-13-6-2-5-12(9-13)15-18-16(23-19-15)20-7-3-4-11(10-20)8-14(17)21/h2,5-6,9,11H,3-4,7-8,10H2,1H3,(H2,17,21). The summed E-state index contributed by atoms with van der Waals surface area (Å²) < 4.78 is 10.6.